The van der Waals surface area contributed by atoms with Crippen LogP contribution in [0.15, 0.2) is 47.3 Å². The van der Waals surface area contributed by atoms with Gasteiger partial charge >= 0.3 is 0 Å². The number of nitrogens with one attached hydrogen (secondary N) is 1. The van der Waals surface area contributed by atoms with Crippen molar-refractivity contribution in [1.82, 2.24) is 4.98 Å². The quantitative estimate of drug-likeness (QED) is 0.702. The number of H-pyrrole nitrogens is 1. The van der Waals surface area contributed by atoms with Gasteiger partial charge in [0.2, 0.25) is 0 Å². The van der Waals surface area contributed by atoms with E-state index >= 15 is 0 Å². The van der Waals surface area contributed by atoms with Gasteiger partial charge < -0.3 is 4.98 Å². The molecule has 0 saturated heterocycles. The number of benzene rings is 2. The highest BCUT2D eigenvalue weighted by molar-refractivity contribution is 6.31. The van der Waals surface area contributed by atoms with Crippen LogP contribution in [0, 0.1) is 13.8 Å². The average molecular weight is 284 g/mol. The van der Waals surface area contributed by atoms with Crippen molar-refractivity contribution in [2.45, 2.75) is 13.8 Å². The molecule has 3 rings (SSSR count). The maximum Gasteiger partial charge on any atom is 0.192 e. The molecule has 20 heavy (non-hydrogen) atoms. The number of halogens is 1. The van der Waals surface area contributed by atoms with E-state index in [2.05, 4.69) is 4.98 Å². The Morgan fingerprint density at radius 2 is 1.70 bits per heavy atom. The third-order valence-electron chi connectivity index (χ3n) is 3.54. The zero-order chi connectivity index (χ0) is 14.3. The fourth-order valence-corrected chi connectivity index (χ4v) is 2.54. The lowest BCUT2D eigenvalue weighted by Gasteiger charge is -2.09. The van der Waals surface area contributed by atoms with E-state index in [4.69, 9.17) is 11.6 Å². The van der Waals surface area contributed by atoms with Crippen LogP contribution in [0.25, 0.3) is 22.2 Å². The Bertz CT molecular complexity index is 847. The van der Waals surface area contributed by atoms with Gasteiger partial charge in [0.25, 0.3) is 0 Å². The number of hydrogen-bond acceptors (Lipinski definition) is 1. The van der Waals surface area contributed by atoms with Gasteiger partial charge in [-0.15, -0.1) is 0 Å². The summed E-state index contributed by atoms with van der Waals surface area (Å²) in [6, 6.07) is 13.5. The minimum absolute atomic E-state index is 0.0248. The van der Waals surface area contributed by atoms with Gasteiger partial charge in [-0.25, -0.2) is 0 Å². The number of hydrogen-bond donors (Lipinski definition) is 1. The SMILES string of the molecule is Cc1ccc(-c2[nH]c3ccc(Cl)cc3c(=O)c2C)cc1. The summed E-state index contributed by atoms with van der Waals surface area (Å²) in [5, 5.41) is 1.20. The maximum atomic E-state index is 12.5. The molecule has 0 bridgehead atoms. The van der Waals surface area contributed by atoms with Crippen molar-refractivity contribution in [3.8, 4) is 11.3 Å². The molecule has 1 aromatic heterocycles. The highest BCUT2D eigenvalue weighted by Gasteiger charge is 2.10. The van der Waals surface area contributed by atoms with Crippen LogP contribution in [-0.4, -0.2) is 4.98 Å². The molecule has 2 aromatic carbocycles. The van der Waals surface area contributed by atoms with Crippen LogP contribution in [0.5, 0.6) is 0 Å². The summed E-state index contributed by atoms with van der Waals surface area (Å²) in [6.07, 6.45) is 0. The van der Waals surface area contributed by atoms with Gasteiger partial charge in [-0.3, -0.25) is 4.79 Å². The summed E-state index contributed by atoms with van der Waals surface area (Å²) in [7, 11) is 0. The third kappa shape index (κ3) is 2.12. The molecule has 0 aliphatic carbocycles. The van der Waals surface area contributed by atoms with E-state index in [1.54, 1.807) is 12.1 Å². The summed E-state index contributed by atoms with van der Waals surface area (Å²) >= 11 is 5.96. The minimum atomic E-state index is 0.0248. The fraction of sp³-hybridized carbons (Fsp3) is 0.118. The Hall–Kier alpha value is -2.06. The van der Waals surface area contributed by atoms with Gasteiger partial charge in [0.1, 0.15) is 0 Å². The van der Waals surface area contributed by atoms with Gasteiger partial charge in [0.05, 0.1) is 5.69 Å². The molecule has 0 aliphatic rings. The van der Waals surface area contributed by atoms with Crippen LogP contribution in [0.1, 0.15) is 11.1 Å². The molecule has 3 aromatic rings. The van der Waals surface area contributed by atoms with Crippen LogP contribution in [0.3, 0.4) is 0 Å². The Morgan fingerprint density at radius 3 is 2.40 bits per heavy atom. The van der Waals surface area contributed by atoms with Crippen molar-refractivity contribution in [1.29, 1.82) is 0 Å². The van der Waals surface area contributed by atoms with Crippen molar-refractivity contribution in [3.05, 3.63) is 68.8 Å². The molecule has 0 saturated carbocycles. The highest BCUT2D eigenvalue weighted by Crippen LogP contribution is 2.23. The molecule has 2 nitrogen and oxygen atoms in total. The first-order valence-corrected chi connectivity index (χ1v) is 6.83. The highest BCUT2D eigenvalue weighted by atomic mass is 35.5. The second-order valence-electron chi connectivity index (χ2n) is 5.01. The molecular weight excluding hydrogens is 270 g/mol. The van der Waals surface area contributed by atoms with E-state index < -0.39 is 0 Å². The lowest BCUT2D eigenvalue weighted by Crippen LogP contribution is -2.09. The predicted octanol–water partition coefficient (Wildman–Crippen LogP) is 4.47. The first kappa shape index (κ1) is 12.9. The molecule has 0 aliphatic heterocycles. The molecule has 0 atom stereocenters. The van der Waals surface area contributed by atoms with E-state index in [9.17, 15) is 4.79 Å². The molecule has 1 N–H and O–H groups in total. The van der Waals surface area contributed by atoms with Gasteiger partial charge in [-0.05, 0) is 37.6 Å². The van der Waals surface area contributed by atoms with Crippen LogP contribution in [0.4, 0.5) is 0 Å². The topological polar surface area (TPSA) is 32.9 Å². The molecule has 1 heterocycles. The summed E-state index contributed by atoms with van der Waals surface area (Å²) < 4.78 is 0. The molecule has 0 amide bonds. The van der Waals surface area contributed by atoms with E-state index in [0.29, 0.717) is 16.0 Å². The summed E-state index contributed by atoms with van der Waals surface area (Å²) in [6.45, 7) is 3.89. The Kier molecular flexibility index (Phi) is 3.11. The number of pyridine rings is 1. The van der Waals surface area contributed by atoms with E-state index in [-0.39, 0.29) is 5.43 Å². The lowest BCUT2D eigenvalue weighted by molar-refractivity contribution is 1.29. The van der Waals surface area contributed by atoms with Gasteiger partial charge in [0.15, 0.2) is 5.43 Å². The zero-order valence-corrected chi connectivity index (χ0v) is 12.1. The third-order valence-corrected chi connectivity index (χ3v) is 3.78. The normalized spacial score (nSPS) is 10.9. The molecule has 0 radical (unpaired) electrons. The number of aromatic nitrogens is 1. The number of rotatable bonds is 1. The second-order valence-corrected chi connectivity index (χ2v) is 5.45. The number of fused-ring (bicyclic) bond motifs is 1. The Morgan fingerprint density at radius 1 is 1.00 bits per heavy atom. The van der Waals surface area contributed by atoms with Crippen LogP contribution in [-0.2, 0) is 0 Å². The van der Waals surface area contributed by atoms with E-state index in [1.807, 2.05) is 44.2 Å². The van der Waals surface area contributed by atoms with Crippen molar-refractivity contribution in [3.63, 3.8) is 0 Å². The first-order valence-electron chi connectivity index (χ1n) is 6.45. The fourth-order valence-electron chi connectivity index (χ4n) is 2.37. The average Bonchev–Trinajstić information content (AvgIpc) is 2.44. The van der Waals surface area contributed by atoms with Crippen molar-refractivity contribution < 1.29 is 0 Å². The van der Waals surface area contributed by atoms with Gasteiger partial charge in [-0.1, -0.05) is 41.4 Å². The molecule has 100 valence electrons. The van der Waals surface area contributed by atoms with Crippen LogP contribution < -0.4 is 5.43 Å². The summed E-state index contributed by atoms with van der Waals surface area (Å²) in [5.41, 5.74) is 4.62. The maximum absolute atomic E-state index is 12.5. The van der Waals surface area contributed by atoms with Gasteiger partial charge in [-0.2, -0.15) is 0 Å². The van der Waals surface area contributed by atoms with E-state index in [1.165, 1.54) is 5.56 Å². The summed E-state index contributed by atoms with van der Waals surface area (Å²) in [4.78, 5) is 15.8. The number of aromatic amines is 1. The van der Waals surface area contributed by atoms with Gasteiger partial charge in [0, 0.05) is 21.5 Å². The summed E-state index contributed by atoms with van der Waals surface area (Å²) in [5.74, 6) is 0. The largest absolute Gasteiger partial charge is 0.354 e. The smallest absolute Gasteiger partial charge is 0.192 e. The Labute approximate surface area is 122 Å². The zero-order valence-electron chi connectivity index (χ0n) is 11.3. The number of aryl methyl sites for hydroxylation is 1. The molecule has 0 spiro atoms. The molecule has 3 heteroatoms. The Balaban J connectivity index is 2.32. The van der Waals surface area contributed by atoms with Crippen LogP contribution in [0.2, 0.25) is 5.02 Å². The van der Waals surface area contributed by atoms with E-state index in [0.717, 1.165) is 16.8 Å². The lowest BCUT2D eigenvalue weighted by atomic mass is 10.0. The predicted molar refractivity (Wildman–Crippen MR) is 84.5 cm³/mol. The van der Waals surface area contributed by atoms with Crippen molar-refractivity contribution in [2.24, 2.45) is 0 Å². The van der Waals surface area contributed by atoms with Crippen molar-refractivity contribution in [2.75, 3.05) is 0 Å². The molecule has 0 fully saturated rings. The second kappa shape index (κ2) is 4.80. The molecule has 0 unspecified atom stereocenters. The first-order chi connectivity index (χ1) is 9.56. The monoisotopic (exact) mass is 283 g/mol. The van der Waals surface area contributed by atoms with Crippen LogP contribution >= 0.6 is 11.6 Å². The molecular formula is C17H14ClNO. The minimum Gasteiger partial charge on any atom is -0.354 e. The van der Waals surface area contributed by atoms with Crippen molar-refractivity contribution >= 4 is 22.5 Å². The standard InChI is InChI=1S/C17H14ClNO/c1-10-3-5-12(6-4-10)16-11(2)17(20)14-9-13(18)7-8-15(14)19-16/h3-9H,1-2H3,(H,19,20).